The molecule has 1 fully saturated rings. The molecule has 3 aromatic heterocycles. The third kappa shape index (κ3) is 4.09. The number of aryl methyl sites for hydroxylation is 1. The van der Waals surface area contributed by atoms with Crippen LogP contribution in [-0.4, -0.2) is 52.7 Å². The number of benzene rings is 2. The summed E-state index contributed by atoms with van der Waals surface area (Å²) in [6, 6.07) is 18.8. The van der Waals surface area contributed by atoms with Crippen molar-refractivity contribution in [3.63, 3.8) is 0 Å². The zero-order chi connectivity index (χ0) is 23.8. The fraction of sp³-hybridized carbons (Fsp3) is 0.259. The van der Waals surface area contributed by atoms with E-state index in [0.717, 1.165) is 63.7 Å². The van der Waals surface area contributed by atoms with Gasteiger partial charge in [-0.25, -0.2) is 15.0 Å². The summed E-state index contributed by atoms with van der Waals surface area (Å²) < 4.78 is 6.88. The first-order valence-corrected chi connectivity index (χ1v) is 12.8. The number of aromatic nitrogens is 4. The van der Waals surface area contributed by atoms with Crippen LogP contribution in [0.1, 0.15) is 12.6 Å². The van der Waals surface area contributed by atoms with Crippen molar-refractivity contribution in [3.05, 3.63) is 60.3 Å². The minimum absolute atomic E-state index is 0.547. The molecule has 0 amide bonds. The molecule has 0 saturated carbocycles. The maximum Gasteiger partial charge on any atom is 0.236 e. The molecule has 5 aromatic rings. The van der Waals surface area contributed by atoms with Crippen molar-refractivity contribution in [1.82, 2.24) is 25.3 Å². The van der Waals surface area contributed by atoms with Gasteiger partial charge in [-0.3, -0.25) is 0 Å². The first-order valence-electron chi connectivity index (χ1n) is 11.9. The zero-order valence-corrected chi connectivity index (χ0v) is 20.6. The van der Waals surface area contributed by atoms with Crippen LogP contribution in [0.5, 0.6) is 5.88 Å². The normalized spacial score (nSPS) is 14.1. The second-order valence-electron chi connectivity index (χ2n) is 8.53. The number of ether oxygens (including phenoxy) is 1. The minimum atomic E-state index is 0.547. The molecule has 6 rings (SSSR count). The summed E-state index contributed by atoms with van der Waals surface area (Å²) in [7, 11) is 0. The molecule has 0 atom stereocenters. The molecule has 176 valence electrons. The van der Waals surface area contributed by atoms with Gasteiger partial charge in [0.2, 0.25) is 11.8 Å². The van der Waals surface area contributed by atoms with Gasteiger partial charge >= 0.3 is 0 Å². The topological polar surface area (TPSA) is 76.1 Å². The lowest BCUT2D eigenvalue weighted by Crippen LogP contribution is -2.44. The number of piperazine rings is 1. The number of nitrogens with zero attached hydrogens (tertiary/aromatic N) is 5. The van der Waals surface area contributed by atoms with Crippen LogP contribution in [0.4, 0.5) is 5.95 Å². The molecular weight excluding hydrogens is 456 g/mol. The highest BCUT2D eigenvalue weighted by atomic mass is 32.1. The lowest BCUT2D eigenvalue weighted by Gasteiger charge is -2.27. The van der Waals surface area contributed by atoms with E-state index in [4.69, 9.17) is 24.7 Å². The highest BCUT2D eigenvalue weighted by Crippen LogP contribution is 2.39. The maximum atomic E-state index is 5.96. The van der Waals surface area contributed by atoms with Gasteiger partial charge in [0.15, 0.2) is 5.82 Å². The predicted octanol–water partition coefficient (Wildman–Crippen LogP) is 5.09. The second-order valence-corrected chi connectivity index (χ2v) is 9.53. The second kappa shape index (κ2) is 9.20. The Labute approximate surface area is 207 Å². The SMILES string of the molecule is CCOc1nc(N2CCNCC2)nc2c1sc1nc(-c3ccc(-c4ccccc4)cc3)nc(C)c12. The molecule has 0 spiro atoms. The lowest BCUT2D eigenvalue weighted by molar-refractivity contribution is 0.331. The highest BCUT2D eigenvalue weighted by molar-refractivity contribution is 7.25. The summed E-state index contributed by atoms with van der Waals surface area (Å²) in [5, 5.41) is 4.36. The van der Waals surface area contributed by atoms with E-state index in [1.54, 1.807) is 11.3 Å². The molecule has 0 unspecified atom stereocenters. The third-order valence-corrected chi connectivity index (χ3v) is 7.31. The van der Waals surface area contributed by atoms with Gasteiger partial charge in [-0.1, -0.05) is 54.6 Å². The molecule has 0 radical (unpaired) electrons. The molecule has 1 N–H and O–H groups in total. The first kappa shape index (κ1) is 21.9. The number of fused-ring (bicyclic) bond motifs is 3. The van der Waals surface area contributed by atoms with Crippen molar-refractivity contribution in [2.24, 2.45) is 0 Å². The van der Waals surface area contributed by atoms with Gasteiger partial charge in [0, 0.05) is 31.7 Å². The molecule has 0 bridgehead atoms. The summed E-state index contributed by atoms with van der Waals surface area (Å²) in [5.74, 6) is 2.05. The Morgan fingerprint density at radius 2 is 1.60 bits per heavy atom. The number of rotatable bonds is 5. The molecular formula is C27H26N6OS. The summed E-state index contributed by atoms with van der Waals surface area (Å²) in [5.41, 5.74) is 5.14. The van der Waals surface area contributed by atoms with Crippen LogP contribution in [0.2, 0.25) is 0 Å². The van der Waals surface area contributed by atoms with Gasteiger partial charge in [-0.15, -0.1) is 11.3 Å². The van der Waals surface area contributed by atoms with Crippen LogP contribution >= 0.6 is 11.3 Å². The van der Waals surface area contributed by atoms with Crippen LogP contribution < -0.4 is 15.0 Å². The van der Waals surface area contributed by atoms with Gasteiger partial charge in [0.25, 0.3) is 0 Å². The highest BCUT2D eigenvalue weighted by Gasteiger charge is 2.22. The fourth-order valence-electron chi connectivity index (χ4n) is 4.48. The summed E-state index contributed by atoms with van der Waals surface area (Å²) in [6.45, 7) is 8.15. The number of hydrogen-bond donors (Lipinski definition) is 1. The van der Waals surface area contributed by atoms with Gasteiger partial charge in [-0.2, -0.15) is 4.98 Å². The zero-order valence-electron chi connectivity index (χ0n) is 19.8. The van der Waals surface area contributed by atoms with Crippen molar-refractivity contribution in [1.29, 1.82) is 0 Å². The van der Waals surface area contributed by atoms with Gasteiger partial charge in [0.1, 0.15) is 15.0 Å². The van der Waals surface area contributed by atoms with Crippen molar-refractivity contribution >= 4 is 37.7 Å². The minimum Gasteiger partial charge on any atom is -0.477 e. The number of nitrogens with one attached hydrogen (secondary N) is 1. The lowest BCUT2D eigenvalue weighted by atomic mass is 10.0. The van der Waals surface area contributed by atoms with Crippen LogP contribution in [0.15, 0.2) is 54.6 Å². The smallest absolute Gasteiger partial charge is 0.236 e. The van der Waals surface area contributed by atoms with Crippen molar-refractivity contribution in [2.45, 2.75) is 13.8 Å². The molecule has 1 aliphatic heterocycles. The molecule has 0 aliphatic carbocycles. The molecule has 1 aliphatic rings. The molecule has 1 saturated heterocycles. The average Bonchev–Trinajstić information content (AvgIpc) is 3.29. The number of hydrogen-bond acceptors (Lipinski definition) is 8. The number of anilines is 1. The average molecular weight is 483 g/mol. The van der Waals surface area contributed by atoms with Crippen LogP contribution in [-0.2, 0) is 0 Å². The van der Waals surface area contributed by atoms with Crippen molar-refractivity contribution in [2.75, 3.05) is 37.7 Å². The van der Waals surface area contributed by atoms with Crippen LogP contribution in [0.3, 0.4) is 0 Å². The van der Waals surface area contributed by atoms with Crippen molar-refractivity contribution in [3.8, 4) is 28.4 Å². The molecule has 7 nitrogen and oxygen atoms in total. The van der Waals surface area contributed by atoms with E-state index in [2.05, 4.69) is 58.7 Å². The van der Waals surface area contributed by atoms with Gasteiger partial charge in [0.05, 0.1) is 17.7 Å². The summed E-state index contributed by atoms with van der Waals surface area (Å²) in [4.78, 5) is 22.7. The van der Waals surface area contributed by atoms with E-state index in [1.807, 2.05) is 19.9 Å². The first-order chi connectivity index (χ1) is 17.2. The maximum absolute atomic E-state index is 5.96. The molecule has 2 aromatic carbocycles. The van der Waals surface area contributed by atoms with E-state index in [9.17, 15) is 0 Å². The quantitative estimate of drug-likeness (QED) is 0.374. The Bertz CT molecular complexity index is 1490. The predicted molar refractivity (Wildman–Crippen MR) is 142 cm³/mol. The molecule has 4 heterocycles. The Kier molecular flexibility index (Phi) is 5.75. The number of thiophene rings is 1. The van der Waals surface area contributed by atoms with Gasteiger partial charge in [-0.05, 0) is 25.0 Å². The largest absolute Gasteiger partial charge is 0.477 e. The standard InChI is InChI=1S/C27H26N6OS/c1-3-34-25-23-22(30-27(32-25)33-15-13-28-14-16-33)21-17(2)29-24(31-26(21)35-23)20-11-9-19(10-12-20)18-7-5-4-6-8-18/h4-12,28H,3,13-16H2,1-2H3. The summed E-state index contributed by atoms with van der Waals surface area (Å²) >= 11 is 1.57. The Hall–Kier alpha value is -3.62. The fourth-order valence-corrected chi connectivity index (χ4v) is 5.59. The van der Waals surface area contributed by atoms with E-state index >= 15 is 0 Å². The van der Waals surface area contributed by atoms with E-state index in [-0.39, 0.29) is 0 Å². The van der Waals surface area contributed by atoms with Crippen molar-refractivity contribution < 1.29 is 4.74 Å². The van der Waals surface area contributed by atoms with Crippen LogP contribution in [0, 0.1) is 6.92 Å². The van der Waals surface area contributed by atoms with Gasteiger partial charge < -0.3 is 15.0 Å². The third-order valence-electron chi connectivity index (χ3n) is 6.25. The Morgan fingerprint density at radius 1 is 0.886 bits per heavy atom. The molecule has 8 heteroatoms. The monoisotopic (exact) mass is 482 g/mol. The van der Waals surface area contributed by atoms with Crippen LogP contribution in [0.25, 0.3) is 42.9 Å². The van der Waals surface area contributed by atoms with E-state index < -0.39 is 0 Å². The Morgan fingerprint density at radius 3 is 2.34 bits per heavy atom. The molecule has 35 heavy (non-hydrogen) atoms. The summed E-state index contributed by atoms with van der Waals surface area (Å²) in [6.07, 6.45) is 0. The van der Waals surface area contributed by atoms with E-state index in [0.29, 0.717) is 18.4 Å². The Balaban J connectivity index is 1.44. The van der Waals surface area contributed by atoms with E-state index in [1.165, 1.54) is 11.1 Å².